The lowest BCUT2D eigenvalue weighted by Crippen LogP contribution is -2.64. The first-order valence-corrected chi connectivity index (χ1v) is 11.1. The molecule has 8 nitrogen and oxygen atoms in total. The SMILES string of the molecule is CC(=O)O[C@H]1CC=C(C)[C@@H]2[C@@H](O)[C@@]3(O)[C@H](/C=C(/C)CC[C@@H](OC(C)=O)[C@@]12C)OC(=O)[C@@H]3C. The number of aliphatic hydroxyl groups is 2. The number of ether oxygens (including phenoxy) is 3. The first-order valence-electron chi connectivity index (χ1n) is 11.1. The number of hydrogen-bond donors (Lipinski definition) is 2. The third-order valence-corrected chi connectivity index (χ3v) is 7.59. The van der Waals surface area contributed by atoms with Gasteiger partial charge in [-0.15, -0.1) is 0 Å². The summed E-state index contributed by atoms with van der Waals surface area (Å²) in [4.78, 5) is 36.5. The lowest BCUT2D eigenvalue weighted by Gasteiger charge is -2.54. The lowest BCUT2D eigenvalue weighted by molar-refractivity contribution is -0.205. The summed E-state index contributed by atoms with van der Waals surface area (Å²) in [5.41, 5.74) is -1.37. The standard InChI is InChI=1S/C24H34O8/c1-12-7-9-17(30-15(4)25)23(6)18(31-16(5)26)10-8-13(2)20(23)21(27)24(29)14(3)22(28)32-19(24)11-12/h8,11,14,17-21,27,29H,7,9-10H2,1-6H3/b12-11-/t14-,17+,18-,19-,20+,21+,23-,24-/m0/s1. The number of aliphatic hydroxyl groups excluding tert-OH is 1. The zero-order valence-corrected chi connectivity index (χ0v) is 19.6. The molecule has 8 heteroatoms. The van der Waals surface area contributed by atoms with Crippen LogP contribution in [-0.2, 0) is 28.6 Å². The number of fused-ring (bicyclic) bond motifs is 2. The van der Waals surface area contributed by atoms with E-state index in [1.165, 1.54) is 20.8 Å². The molecular formula is C24H34O8. The van der Waals surface area contributed by atoms with Gasteiger partial charge >= 0.3 is 17.9 Å². The maximum atomic E-state index is 12.5. The maximum absolute atomic E-state index is 12.5. The Hall–Kier alpha value is -2.19. The number of carbonyl (C=O) groups is 3. The molecule has 0 aromatic carbocycles. The number of carbonyl (C=O) groups excluding carboxylic acids is 3. The summed E-state index contributed by atoms with van der Waals surface area (Å²) < 4.78 is 16.9. The monoisotopic (exact) mass is 450 g/mol. The quantitative estimate of drug-likeness (QED) is 0.373. The normalized spacial score (nSPS) is 43.6. The van der Waals surface area contributed by atoms with E-state index in [4.69, 9.17) is 14.2 Å². The van der Waals surface area contributed by atoms with E-state index in [9.17, 15) is 24.6 Å². The van der Waals surface area contributed by atoms with E-state index < -0.39 is 65.2 Å². The van der Waals surface area contributed by atoms with E-state index in [1.807, 2.05) is 26.8 Å². The van der Waals surface area contributed by atoms with Crippen molar-refractivity contribution in [3.8, 4) is 0 Å². The molecule has 0 radical (unpaired) electrons. The van der Waals surface area contributed by atoms with Gasteiger partial charge in [-0.2, -0.15) is 0 Å². The number of esters is 3. The van der Waals surface area contributed by atoms with Crippen LogP contribution in [-0.4, -0.2) is 58.1 Å². The van der Waals surface area contributed by atoms with E-state index in [-0.39, 0.29) is 0 Å². The fourth-order valence-corrected chi connectivity index (χ4v) is 5.75. The van der Waals surface area contributed by atoms with Gasteiger partial charge < -0.3 is 24.4 Å². The van der Waals surface area contributed by atoms with Gasteiger partial charge in [0, 0.05) is 26.2 Å². The second-order valence-corrected chi connectivity index (χ2v) is 9.69. The predicted octanol–water partition coefficient (Wildman–Crippen LogP) is 2.22. The first-order chi connectivity index (χ1) is 14.8. The molecule has 0 aromatic rings. The van der Waals surface area contributed by atoms with Crippen LogP contribution in [0.15, 0.2) is 23.3 Å². The minimum Gasteiger partial charge on any atom is -0.462 e. The molecule has 8 atom stereocenters. The molecule has 1 saturated heterocycles. The van der Waals surface area contributed by atoms with Crippen molar-refractivity contribution < 1.29 is 38.8 Å². The average Bonchev–Trinajstić information content (AvgIpc) is 2.90. The largest absolute Gasteiger partial charge is 0.462 e. The molecule has 0 bridgehead atoms. The van der Waals surface area contributed by atoms with Crippen molar-refractivity contribution in [3.63, 3.8) is 0 Å². The molecule has 1 aliphatic heterocycles. The molecule has 2 aliphatic carbocycles. The van der Waals surface area contributed by atoms with E-state index in [0.29, 0.717) is 19.3 Å². The third-order valence-electron chi connectivity index (χ3n) is 7.59. The van der Waals surface area contributed by atoms with Gasteiger partial charge in [0.2, 0.25) is 0 Å². The van der Waals surface area contributed by atoms with Crippen LogP contribution >= 0.6 is 0 Å². The molecular weight excluding hydrogens is 416 g/mol. The van der Waals surface area contributed by atoms with Gasteiger partial charge in [0.05, 0.1) is 17.4 Å². The van der Waals surface area contributed by atoms with Crippen molar-refractivity contribution in [1.29, 1.82) is 0 Å². The Morgan fingerprint density at radius 3 is 2.34 bits per heavy atom. The fourth-order valence-electron chi connectivity index (χ4n) is 5.75. The van der Waals surface area contributed by atoms with E-state index in [2.05, 4.69) is 0 Å². The summed E-state index contributed by atoms with van der Waals surface area (Å²) in [6.45, 7) is 9.65. The third kappa shape index (κ3) is 3.88. The lowest BCUT2D eigenvalue weighted by atomic mass is 9.56. The summed E-state index contributed by atoms with van der Waals surface area (Å²) in [5.74, 6) is -3.31. The average molecular weight is 451 g/mol. The highest BCUT2D eigenvalue weighted by atomic mass is 16.6. The van der Waals surface area contributed by atoms with Crippen LogP contribution in [0.1, 0.15) is 60.8 Å². The zero-order valence-electron chi connectivity index (χ0n) is 19.6. The molecule has 0 unspecified atom stereocenters. The summed E-state index contributed by atoms with van der Waals surface area (Å²) >= 11 is 0. The van der Waals surface area contributed by atoms with Crippen LogP contribution in [0.5, 0.6) is 0 Å². The van der Waals surface area contributed by atoms with Crippen molar-refractivity contribution >= 4 is 17.9 Å². The molecule has 0 amide bonds. The summed E-state index contributed by atoms with van der Waals surface area (Å²) in [6.07, 6.45) is 0.961. The molecule has 1 fully saturated rings. The van der Waals surface area contributed by atoms with Crippen molar-refractivity contribution in [2.75, 3.05) is 0 Å². The van der Waals surface area contributed by atoms with Crippen LogP contribution in [0, 0.1) is 17.3 Å². The van der Waals surface area contributed by atoms with Crippen LogP contribution < -0.4 is 0 Å². The van der Waals surface area contributed by atoms with Gasteiger partial charge in [0.15, 0.2) is 6.10 Å². The molecule has 32 heavy (non-hydrogen) atoms. The van der Waals surface area contributed by atoms with E-state index in [1.54, 1.807) is 6.08 Å². The molecule has 3 rings (SSSR count). The van der Waals surface area contributed by atoms with Crippen LogP contribution in [0.25, 0.3) is 0 Å². The van der Waals surface area contributed by atoms with Crippen LogP contribution in [0.3, 0.4) is 0 Å². The van der Waals surface area contributed by atoms with Gasteiger partial charge in [-0.3, -0.25) is 14.4 Å². The topological polar surface area (TPSA) is 119 Å². The van der Waals surface area contributed by atoms with Crippen molar-refractivity contribution in [1.82, 2.24) is 0 Å². The number of allylic oxidation sites excluding steroid dienone is 1. The second-order valence-electron chi connectivity index (χ2n) is 9.69. The highest BCUT2D eigenvalue weighted by molar-refractivity contribution is 5.77. The molecule has 2 N–H and O–H groups in total. The maximum Gasteiger partial charge on any atom is 0.312 e. The summed E-state index contributed by atoms with van der Waals surface area (Å²) in [7, 11) is 0. The Morgan fingerprint density at radius 1 is 1.16 bits per heavy atom. The van der Waals surface area contributed by atoms with Gasteiger partial charge in [-0.1, -0.05) is 24.1 Å². The van der Waals surface area contributed by atoms with E-state index in [0.717, 1.165) is 11.1 Å². The van der Waals surface area contributed by atoms with Crippen LogP contribution in [0.4, 0.5) is 0 Å². The first kappa shape index (κ1) is 24.5. The Labute approximate surface area is 188 Å². The van der Waals surface area contributed by atoms with E-state index >= 15 is 0 Å². The zero-order chi connectivity index (χ0) is 24.0. The fraction of sp³-hybridized carbons (Fsp3) is 0.708. The minimum absolute atomic E-state index is 0.380. The summed E-state index contributed by atoms with van der Waals surface area (Å²) in [6, 6.07) is 0. The highest BCUT2D eigenvalue weighted by Crippen LogP contribution is 2.54. The van der Waals surface area contributed by atoms with Crippen LogP contribution in [0.2, 0.25) is 0 Å². The Morgan fingerprint density at radius 2 is 1.75 bits per heavy atom. The van der Waals surface area contributed by atoms with Gasteiger partial charge in [0.1, 0.15) is 17.8 Å². The highest BCUT2D eigenvalue weighted by Gasteiger charge is 2.65. The Kier molecular flexibility index (Phi) is 6.60. The Bertz CT molecular complexity index is 860. The molecule has 1 heterocycles. The second kappa shape index (κ2) is 8.63. The Balaban J connectivity index is 2.24. The summed E-state index contributed by atoms with van der Waals surface area (Å²) in [5, 5.41) is 23.5. The smallest absolute Gasteiger partial charge is 0.312 e. The van der Waals surface area contributed by atoms with Crippen molar-refractivity contribution in [3.05, 3.63) is 23.3 Å². The minimum atomic E-state index is -1.91. The molecule has 3 aliphatic rings. The number of hydrogen-bond acceptors (Lipinski definition) is 8. The van der Waals surface area contributed by atoms with Gasteiger partial charge in [0.25, 0.3) is 0 Å². The van der Waals surface area contributed by atoms with Gasteiger partial charge in [-0.05, 0) is 39.7 Å². The van der Waals surface area contributed by atoms with Crippen molar-refractivity contribution in [2.45, 2.75) is 90.8 Å². The van der Waals surface area contributed by atoms with Crippen molar-refractivity contribution in [2.24, 2.45) is 17.3 Å². The number of rotatable bonds is 2. The predicted molar refractivity (Wildman–Crippen MR) is 114 cm³/mol. The molecule has 178 valence electrons. The molecule has 0 saturated carbocycles. The van der Waals surface area contributed by atoms with Gasteiger partial charge in [-0.25, -0.2) is 0 Å². The molecule has 0 aromatic heterocycles. The molecule has 0 spiro atoms.